The normalized spacial score (nSPS) is 10.7. The largest absolute Gasteiger partial charge is 0.494 e. The summed E-state index contributed by atoms with van der Waals surface area (Å²) in [5, 5.41) is 0. The Labute approximate surface area is 138 Å². The number of methoxy groups -OCH3 is 1. The molecule has 0 aliphatic heterocycles. The predicted molar refractivity (Wildman–Crippen MR) is 88.5 cm³/mol. The monoisotopic (exact) mass is 328 g/mol. The van der Waals surface area contributed by atoms with Crippen molar-refractivity contribution in [2.24, 2.45) is 0 Å². The predicted octanol–water partition coefficient (Wildman–Crippen LogP) is 5.75. The Hall–Kier alpha value is -2.75. The molecule has 0 bridgehead atoms. The molecule has 0 spiro atoms. The van der Waals surface area contributed by atoms with E-state index < -0.39 is 11.6 Å². The lowest BCUT2D eigenvalue weighted by molar-refractivity contribution is 0.372. The van der Waals surface area contributed by atoms with Crippen molar-refractivity contribution in [3.8, 4) is 28.0 Å². The van der Waals surface area contributed by atoms with Crippen LogP contribution in [-0.4, -0.2) is 7.11 Å². The van der Waals surface area contributed by atoms with E-state index in [1.54, 1.807) is 30.3 Å². The zero-order chi connectivity index (χ0) is 17.3. The average Bonchev–Trinajstić information content (AvgIpc) is 2.58. The maximum atomic E-state index is 14.2. The summed E-state index contributed by atoms with van der Waals surface area (Å²) in [5.41, 5.74) is 2.61. The third-order valence-electron chi connectivity index (χ3n) is 3.90. The SMILES string of the molecule is COc1ccc(-c2ccc(-c3ccc(C)cc3F)cc2)c(F)c1F. The number of rotatable bonds is 3. The van der Waals surface area contributed by atoms with Crippen LogP contribution in [0.4, 0.5) is 13.2 Å². The van der Waals surface area contributed by atoms with Crippen molar-refractivity contribution in [3.05, 3.63) is 77.6 Å². The summed E-state index contributed by atoms with van der Waals surface area (Å²) >= 11 is 0. The van der Waals surface area contributed by atoms with E-state index in [9.17, 15) is 13.2 Å². The molecule has 3 rings (SSSR count). The van der Waals surface area contributed by atoms with Gasteiger partial charge in [-0.15, -0.1) is 0 Å². The van der Waals surface area contributed by atoms with Gasteiger partial charge in [0.2, 0.25) is 5.82 Å². The second-order valence-electron chi connectivity index (χ2n) is 5.50. The fourth-order valence-electron chi connectivity index (χ4n) is 2.60. The topological polar surface area (TPSA) is 9.23 Å². The number of aryl methyl sites for hydroxylation is 1. The second-order valence-corrected chi connectivity index (χ2v) is 5.50. The minimum Gasteiger partial charge on any atom is -0.494 e. The first-order chi connectivity index (χ1) is 11.5. The van der Waals surface area contributed by atoms with Crippen LogP contribution in [0.1, 0.15) is 5.56 Å². The Balaban J connectivity index is 2.00. The average molecular weight is 328 g/mol. The van der Waals surface area contributed by atoms with E-state index in [1.807, 2.05) is 13.0 Å². The van der Waals surface area contributed by atoms with Gasteiger partial charge in [0.1, 0.15) is 5.82 Å². The lowest BCUT2D eigenvalue weighted by Crippen LogP contribution is -1.95. The summed E-state index contributed by atoms with van der Waals surface area (Å²) in [6.07, 6.45) is 0. The molecule has 122 valence electrons. The summed E-state index contributed by atoms with van der Waals surface area (Å²) < 4.78 is 46.8. The van der Waals surface area contributed by atoms with E-state index in [1.165, 1.54) is 25.3 Å². The molecular formula is C20H15F3O. The number of ether oxygens (including phenoxy) is 1. The van der Waals surface area contributed by atoms with Crippen molar-refractivity contribution in [1.29, 1.82) is 0 Å². The Morgan fingerprint density at radius 3 is 1.88 bits per heavy atom. The van der Waals surface area contributed by atoms with E-state index in [0.29, 0.717) is 16.7 Å². The summed E-state index contributed by atoms with van der Waals surface area (Å²) in [5.74, 6) is -2.45. The van der Waals surface area contributed by atoms with Gasteiger partial charge in [-0.3, -0.25) is 0 Å². The van der Waals surface area contributed by atoms with Gasteiger partial charge in [-0.1, -0.05) is 36.4 Å². The molecule has 3 aromatic rings. The minimum atomic E-state index is -1.02. The van der Waals surface area contributed by atoms with Gasteiger partial charge in [0.25, 0.3) is 0 Å². The molecule has 24 heavy (non-hydrogen) atoms. The van der Waals surface area contributed by atoms with Crippen LogP contribution in [0, 0.1) is 24.4 Å². The van der Waals surface area contributed by atoms with Gasteiger partial charge in [0.05, 0.1) is 7.11 Å². The third kappa shape index (κ3) is 2.87. The summed E-state index contributed by atoms with van der Waals surface area (Å²) in [6.45, 7) is 1.82. The molecule has 0 radical (unpaired) electrons. The van der Waals surface area contributed by atoms with Crippen molar-refractivity contribution in [3.63, 3.8) is 0 Å². The number of halogens is 3. The van der Waals surface area contributed by atoms with Gasteiger partial charge in [0.15, 0.2) is 11.6 Å². The maximum Gasteiger partial charge on any atom is 0.201 e. The van der Waals surface area contributed by atoms with Crippen LogP contribution in [-0.2, 0) is 0 Å². The highest BCUT2D eigenvalue weighted by molar-refractivity contribution is 5.71. The fourth-order valence-corrected chi connectivity index (χ4v) is 2.60. The molecule has 0 fully saturated rings. The van der Waals surface area contributed by atoms with E-state index in [0.717, 1.165) is 5.56 Å². The lowest BCUT2D eigenvalue weighted by Gasteiger charge is -2.09. The van der Waals surface area contributed by atoms with Gasteiger partial charge in [-0.05, 0) is 41.8 Å². The van der Waals surface area contributed by atoms with Crippen LogP contribution in [0.25, 0.3) is 22.3 Å². The van der Waals surface area contributed by atoms with Crippen LogP contribution in [0.3, 0.4) is 0 Å². The first-order valence-electron chi connectivity index (χ1n) is 7.40. The molecule has 0 saturated carbocycles. The Bertz CT molecular complexity index is 886. The van der Waals surface area contributed by atoms with E-state index >= 15 is 0 Å². The zero-order valence-electron chi connectivity index (χ0n) is 13.2. The van der Waals surface area contributed by atoms with Crippen LogP contribution >= 0.6 is 0 Å². The minimum absolute atomic E-state index is 0.129. The highest BCUT2D eigenvalue weighted by Crippen LogP contribution is 2.31. The standard InChI is InChI=1S/C20H15F3O/c1-12-3-8-15(17(21)11-12)13-4-6-14(7-5-13)16-9-10-18(24-2)20(23)19(16)22/h3-11H,1-2H3. The number of hydrogen-bond donors (Lipinski definition) is 0. The van der Waals surface area contributed by atoms with Crippen LogP contribution < -0.4 is 4.74 Å². The van der Waals surface area contributed by atoms with Crippen LogP contribution in [0.2, 0.25) is 0 Å². The smallest absolute Gasteiger partial charge is 0.201 e. The van der Waals surface area contributed by atoms with Gasteiger partial charge < -0.3 is 4.74 Å². The molecule has 0 N–H and O–H groups in total. The Morgan fingerprint density at radius 1 is 0.708 bits per heavy atom. The molecule has 0 aliphatic rings. The molecular weight excluding hydrogens is 313 g/mol. The molecule has 0 heterocycles. The quantitative estimate of drug-likeness (QED) is 0.594. The molecule has 0 amide bonds. The van der Waals surface area contributed by atoms with Crippen LogP contribution in [0.15, 0.2) is 54.6 Å². The summed E-state index contributed by atoms with van der Waals surface area (Å²) in [4.78, 5) is 0. The molecule has 0 unspecified atom stereocenters. The third-order valence-corrected chi connectivity index (χ3v) is 3.90. The molecule has 0 aliphatic carbocycles. The van der Waals surface area contributed by atoms with Crippen molar-refractivity contribution in [1.82, 2.24) is 0 Å². The summed E-state index contributed by atoms with van der Waals surface area (Å²) in [6, 6.07) is 14.5. The van der Waals surface area contributed by atoms with Crippen LogP contribution in [0.5, 0.6) is 5.75 Å². The van der Waals surface area contributed by atoms with Crippen molar-refractivity contribution < 1.29 is 17.9 Å². The highest BCUT2D eigenvalue weighted by Gasteiger charge is 2.15. The van der Waals surface area contributed by atoms with Gasteiger partial charge >= 0.3 is 0 Å². The molecule has 0 saturated heterocycles. The number of benzene rings is 3. The first kappa shape index (κ1) is 16.1. The zero-order valence-corrected chi connectivity index (χ0v) is 13.2. The Morgan fingerprint density at radius 2 is 1.29 bits per heavy atom. The van der Waals surface area contributed by atoms with E-state index in [4.69, 9.17) is 4.74 Å². The van der Waals surface area contributed by atoms with Crippen molar-refractivity contribution >= 4 is 0 Å². The highest BCUT2D eigenvalue weighted by atomic mass is 19.2. The van der Waals surface area contributed by atoms with Crippen molar-refractivity contribution in [2.45, 2.75) is 6.92 Å². The van der Waals surface area contributed by atoms with E-state index in [-0.39, 0.29) is 17.1 Å². The van der Waals surface area contributed by atoms with Gasteiger partial charge in [0, 0.05) is 11.1 Å². The van der Waals surface area contributed by atoms with Gasteiger partial charge in [-0.25, -0.2) is 8.78 Å². The molecule has 3 aromatic carbocycles. The summed E-state index contributed by atoms with van der Waals surface area (Å²) in [7, 11) is 1.28. The second kappa shape index (κ2) is 6.40. The molecule has 1 nitrogen and oxygen atoms in total. The Kier molecular flexibility index (Phi) is 4.30. The lowest BCUT2D eigenvalue weighted by atomic mass is 9.99. The maximum absolute atomic E-state index is 14.2. The van der Waals surface area contributed by atoms with Gasteiger partial charge in [-0.2, -0.15) is 4.39 Å². The molecule has 0 aromatic heterocycles. The van der Waals surface area contributed by atoms with Crippen molar-refractivity contribution in [2.75, 3.05) is 7.11 Å². The fraction of sp³-hybridized carbons (Fsp3) is 0.100. The number of hydrogen-bond acceptors (Lipinski definition) is 1. The first-order valence-corrected chi connectivity index (χ1v) is 7.40. The molecule has 0 atom stereocenters. The molecule has 4 heteroatoms. The van der Waals surface area contributed by atoms with E-state index in [2.05, 4.69) is 0 Å².